The van der Waals surface area contributed by atoms with Crippen molar-refractivity contribution in [2.75, 3.05) is 0 Å². The molecular weight excluding hydrogens is 420 g/mol. The van der Waals surface area contributed by atoms with E-state index < -0.39 is 0 Å². The minimum Gasteiger partial charge on any atom is -0.438 e. The first-order valence-electron chi connectivity index (χ1n) is 11.4. The van der Waals surface area contributed by atoms with Crippen molar-refractivity contribution in [2.45, 2.75) is 12.3 Å². The predicted molar refractivity (Wildman–Crippen MR) is 131 cm³/mol. The summed E-state index contributed by atoms with van der Waals surface area (Å²) in [5.41, 5.74) is 5.21. The van der Waals surface area contributed by atoms with Crippen LogP contribution in [0.15, 0.2) is 103 Å². The van der Waals surface area contributed by atoms with E-state index in [-0.39, 0.29) is 5.92 Å². The second-order valence-corrected chi connectivity index (χ2v) is 8.57. The summed E-state index contributed by atoms with van der Waals surface area (Å²) in [6.45, 7) is 0. The van der Waals surface area contributed by atoms with Crippen LogP contribution in [0.3, 0.4) is 0 Å². The number of rotatable bonds is 3. The molecule has 6 aromatic rings. The molecule has 5 heteroatoms. The second-order valence-electron chi connectivity index (χ2n) is 8.57. The van der Waals surface area contributed by atoms with Crippen LogP contribution in [0, 0.1) is 0 Å². The van der Waals surface area contributed by atoms with E-state index in [4.69, 9.17) is 14.8 Å². The van der Waals surface area contributed by atoms with Gasteiger partial charge >= 0.3 is 0 Å². The maximum absolute atomic E-state index is 6.38. The summed E-state index contributed by atoms with van der Waals surface area (Å²) in [6.07, 6.45) is 2.36. The van der Waals surface area contributed by atoms with Gasteiger partial charge in [0.25, 0.3) is 0 Å². The topological polar surface area (TPSA) is 52.3 Å². The van der Waals surface area contributed by atoms with Gasteiger partial charge in [0.1, 0.15) is 12.1 Å². The first kappa shape index (κ1) is 19.0. The molecule has 0 aliphatic carbocycles. The number of ether oxygens (including phenoxy) is 1. The van der Waals surface area contributed by atoms with Gasteiger partial charge in [0.15, 0.2) is 11.5 Å². The first-order valence-corrected chi connectivity index (χ1v) is 11.4. The Labute approximate surface area is 196 Å². The van der Waals surface area contributed by atoms with Gasteiger partial charge in [-0.1, -0.05) is 91.0 Å². The molecule has 34 heavy (non-hydrogen) atoms. The fourth-order valence-corrected chi connectivity index (χ4v) is 4.98. The highest BCUT2D eigenvalue weighted by atomic mass is 16.5. The molecule has 0 bridgehead atoms. The SMILES string of the molecule is c1ccc(Cc2nc3c4c(ncn3n2)Oc2ccc3ccccc3c2[C@H]4c2ccccc2)cc1. The third kappa shape index (κ3) is 2.98. The second kappa shape index (κ2) is 7.52. The zero-order chi connectivity index (χ0) is 22.5. The molecule has 0 radical (unpaired) electrons. The molecule has 0 fully saturated rings. The summed E-state index contributed by atoms with van der Waals surface area (Å²) in [5.74, 6) is 2.11. The van der Waals surface area contributed by atoms with Gasteiger partial charge in [-0.05, 0) is 28.0 Å². The molecule has 0 unspecified atom stereocenters. The average Bonchev–Trinajstić information content (AvgIpc) is 3.31. The molecule has 0 amide bonds. The van der Waals surface area contributed by atoms with Crippen LogP contribution in [0.5, 0.6) is 11.6 Å². The van der Waals surface area contributed by atoms with Crippen molar-refractivity contribution >= 4 is 16.4 Å². The lowest BCUT2D eigenvalue weighted by molar-refractivity contribution is 0.433. The van der Waals surface area contributed by atoms with Crippen molar-refractivity contribution in [3.63, 3.8) is 0 Å². The third-order valence-corrected chi connectivity index (χ3v) is 6.48. The van der Waals surface area contributed by atoms with E-state index in [1.165, 1.54) is 21.9 Å². The Morgan fingerprint density at radius 2 is 1.53 bits per heavy atom. The Balaban J connectivity index is 1.48. The molecule has 5 nitrogen and oxygen atoms in total. The minimum atomic E-state index is -0.0731. The Bertz CT molecular complexity index is 1660. The Kier molecular flexibility index (Phi) is 4.21. The lowest BCUT2D eigenvalue weighted by atomic mass is 9.81. The van der Waals surface area contributed by atoms with Gasteiger partial charge in [0, 0.05) is 17.9 Å². The zero-order valence-electron chi connectivity index (χ0n) is 18.3. The Morgan fingerprint density at radius 1 is 0.765 bits per heavy atom. The van der Waals surface area contributed by atoms with Crippen molar-refractivity contribution in [3.8, 4) is 11.6 Å². The largest absolute Gasteiger partial charge is 0.438 e. The standard InChI is InChI=1S/C29H20N4O/c1-3-9-19(10-4-1)17-24-31-28-27-25(21-12-5-2-6-13-21)26-22-14-8-7-11-20(22)15-16-23(26)34-29(27)30-18-33(28)32-24/h1-16,18,25H,17H2/t25-/m1/s1. The van der Waals surface area contributed by atoms with Gasteiger partial charge in [0.2, 0.25) is 5.88 Å². The van der Waals surface area contributed by atoms with Crippen LogP contribution < -0.4 is 4.74 Å². The first-order chi connectivity index (χ1) is 16.8. The molecule has 4 aromatic carbocycles. The summed E-state index contributed by atoms with van der Waals surface area (Å²) in [7, 11) is 0. The molecular formula is C29H20N4O. The summed E-state index contributed by atoms with van der Waals surface area (Å²) in [4.78, 5) is 9.64. The van der Waals surface area contributed by atoms with E-state index in [0.29, 0.717) is 12.3 Å². The summed E-state index contributed by atoms with van der Waals surface area (Å²) in [5, 5.41) is 7.10. The lowest BCUT2D eigenvalue weighted by Gasteiger charge is -2.29. The highest BCUT2D eigenvalue weighted by molar-refractivity contribution is 5.90. The maximum Gasteiger partial charge on any atom is 0.228 e. The normalized spacial score (nSPS) is 14.5. The number of nitrogens with zero attached hydrogens (tertiary/aromatic N) is 4. The van der Waals surface area contributed by atoms with Gasteiger partial charge in [-0.25, -0.2) is 14.5 Å². The van der Waals surface area contributed by atoms with E-state index in [1.54, 1.807) is 10.8 Å². The van der Waals surface area contributed by atoms with Crippen LogP contribution in [0.2, 0.25) is 0 Å². The van der Waals surface area contributed by atoms with Gasteiger partial charge in [-0.15, -0.1) is 5.10 Å². The van der Waals surface area contributed by atoms with Crippen LogP contribution in [0.1, 0.15) is 34.0 Å². The van der Waals surface area contributed by atoms with E-state index in [1.807, 2.05) is 30.3 Å². The molecule has 162 valence electrons. The van der Waals surface area contributed by atoms with Gasteiger partial charge in [-0.2, -0.15) is 0 Å². The maximum atomic E-state index is 6.38. The molecule has 1 atom stereocenters. The molecule has 7 rings (SSSR count). The van der Waals surface area contributed by atoms with Crippen molar-refractivity contribution in [1.29, 1.82) is 0 Å². The molecule has 1 aliphatic rings. The molecule has 0 saturated heterocycles. The Morgan fingerprint density at radius 3 is 2.38 bits per heavy atom. The molecule has 0 saturated carbocycles. The van der Waals surface area contributed by atoms with Crippen LogP contribution in [-0.4, -0.2) is 19.6 Å². The van der Waals surface area contributed by atoms with Gasteiger partial charge in [-0.3, -0.25) is 0 Å². The van der Waals surface area contributed by atoms with Crippen LogP contribution in [-0.2, 0) is 6.42 Å². The molecule has 3 heterocycles. The number of fused-ring (bicyclic) bond motifs is 6. The third-order valence-electron chi connectivity index (χ3n) is 6.48. The van der Waals surface area contributed by atoms with Gasteiger partial charge < -0.3 is 4.74 Å². The summed E-state index contributed by atoms with van der Waals surface area (Å²) >= 11 is 0. The summed E-state index contributed by atoms with van der Waals surface area (Å²) in [6, 6.07) is 33.4. The molecule has 1 aliphatic heterocycles. The number of hydrogen-bond acceptors (Lipinski definition) is 4. The highest BCUT2D eigenvalue weighted by Crippen LogP contribution is 2.50. The van der Waals surface area contributed by atoms with Crippen molar-refractivity contribution in [3.05, 3.63) is 131 Å². The van der Waals surface area contributed by atoms with Crippen LogP contribution >= 0.6 is 0 Å². The highest BCUT2D eigenvalue weighted by Gasteiger charge is 2.34. The van der Waals surface area contributed by atoms with Crippen molar-refractivity contribution in [2.24, 2.45) is 0 Å². The smallest absolute Gasteiger partial charge is 0.228 e. The van der Waals surface area contributed by atoms with Crippen LogP contribution in [0.25, 0.3) is 16.4 Å². The fraction of sp³-hybridized carbons (Fsp3) is 0.0690. The minimum absolute atomic E-state index is 0.0731. The quantitative estimate of drug-likeness (QED) is 0.330. The predicted octanol–water partition coefficient (Wildman–Crippen LogP) is 6.15. The average molecular weight is 441 g/mol. The van der Waals surface area contributed by atoms with Crippen molar-refractivity contribution < 1.29 is 4.74 Å². The fourth-order valence-electron chi connectivity index (χ4n) is 4.98. The van der Waals surface area contributed by atoms with E-state index in [9.17, 15) is 0 Å². The number of aromatic nitrogens is 4. The van der Waals surface area contributed by atoms with E-state index >= 15 is 0 Å². The molecule has 2 aromatic heterocycles. The van der Waals surface area contributed by atoms with E-state index in [0.717, 1.165) is 28.3 Å². The van der Waals surface area contributed by atoms with Gasteiger partial charge in [0.05, 0.1) is 5.56 Å². The summed E-state index contributed by atoms with van der Waals surface area (Å²) < 4.78 is 8.16. The van der Waals surface area contributed by atoms with Crippen molar-refractivity contribution in [1.82, 2.24) is 19.6 Å². The monoisotopic (exact) mass is 440 g/mol. The molecule has 0 spiro atoms. The number of benzene rings is 4. The zero-order valence-corrected chi connectivity index (χ0v) is 18.3. The number of hydrogen-bond donors (Lipinski definition) is 0. The van der Waals surface area contributed by atoms with E-state index in [2.05, 4.69) is 71.7 Å². The lowest BCUT2D eigenvalue weighted by Crippen LogP contribution is -2.15. The van der Waals surface area contributed by atoms with Crippen LogP contribution in [0.4, 0.5) is 0 Å². The Hall–Kier alpha value is -4.51. The molecule has 0 N–H and O–H groups in total.